The molecule has 164 valence electrons. The van der Waals surface area contributed by atoms with Gasteiger partial charge in [-0.15, -0.1) is 0 Å². The minimum absolute atomic E-state index is 0.158. The third-order valence-corrected chi connectivity index (χ3v) is 8.60. The second-order valence-corrected chi connectivity index (χ2v) is 10.9. The van der Waals surface area contributed by atoms with Crippen LogP contribution in [0.2, 0.25) is 0 Å². The summed E-state index contributed by atoms with van der Waals surface area (Å²) >= 11 is 0. The molecule has 0 aromatic rings. The van der Waals surface area contributed by atoms with Gasteiger partial charge in [0.25, 0.3) is 0 Å². The Morgan fingerprint density at radius 3 is 2.59 bits per heavy atom. The van der Waals surface area contributed by atoms with Crippen LogP contribution >= 0.6 is 0 Å². The number of aliphatic hydroxyl groups is 2. The standard InChI is InChI=1S/C27H44O2/c1-18(2)26(29)15-9-20(4)24-13-14-25-21(7-6-16-27(24,25)5)10-11-22-17-23(28)12-8-19(22)3/h10-11,18,20,23-26,28-29H,3,6-9,12-17H2,1-2,4-5H3/t20-,23+,24-,25?,26+,27-/m1/s1. The van der Waals surface area contributed by atoms with Crippen molar-refractivity contribution in [3.05, 3.63) is 35.5 Å². The molecule has 29 heavy (non-hydrogen) atoms. The third-order valence-electron chi connectivity index (χ3n) is 8.60. The summed E-state index contributed by atoms with van der Waals surface area (Å²) in [4.78, 5) is 0. The molecule has 0 radical (unpaired) electrons. The molecule has 0 aromatic carbocycles. The molecule has 3 aliphatic rings. The average molecular weight is 401 g/mol. The Hall–Kier alpha value is -0.860. The fourth-order valence-corrected chi connectivity index (χ4v) is 6.58. The Morgan fingerprint density at radius 2 is 1.86 bits per heavy atom. The van der Waals surface area contributed by atoms with Crippen LogP contribution in [0.25, 0.3) is 0 Å². The summed E-state index contributed by atoms with van der Waals surface area (Å²) in [6, 6.07) is 0. The van der Waals surface area contributed by atoms with Gasteiger partial charge < -0.3 is 10.2 Å². The van der Waals surface area contributed by atoms with E-state index < -0.39 is 0 Å². The molecule has 2 N–H and O–H groups in total. The maximum absolute atomic E-state index is 10.3. The van der Waals surface area contributed by atoms with Gasteiger partial charge in [0.2, 0.25) is 0 Å². The van der Waals surface area contributed by atoms with E-state index >= 15 is 0 Å². The molecule has 0 spiro atoms. The lowest BCUT2D eigenvalue weighted by Gasteiger charge is -2.44. The van der Waals surface area contributed by atoms with E-state index in [2.05, 4.69) is 46.4 Å². The van der Waals surface area contributed by atoms with E-state index in [0.717, 1.165) is 38.0 Å². The second-order valence-electron chi connectivity index (χ2n) is 10.9. The molecule has 3 saturated carbocycles. The van der Waals surface area contributed by atoms with Crippen LogP contribution in [0.15, 0.2) is 35.5 Å². The fourth-order valence-electron chi connectivity index (χ4n) is 6.58. The maximum atomic E-state index is 10.3. The topological polar surface area (TPSA) is 40.5 Å². The predicted molar refractivity (Wildman–Crippen MR) is 123 cm³/mol. The van der Waals surface area contributed by atoms with Crippen LogP contribution in [0.4, 0.5) is 0 Å². The van der Waals surface area contributed by atoms with E-state index in [-0.39, 0.29) is 12.2 Å². The molecule has 0 aromatic heterocycles. The van der Waals surface area contributed by atoms with Crippen molar-refractivity contribution < 1.29 is 10.2 Å². The smallest absolute Gasteiger partial charge is 0.0583 e. The number of aliphatic hydroxyl groups excluding tert-OH is 2. The zero-order valence-corrected chi connectivity index (χ0v) is 19.3. The first-order chi connectivity index (χ1) is 13.7. The van der Waals surface area contributed by atoms with Crippen LogP contribution in [0.5, 0.6) is 0 Å². The van der Waals surface area contributed by atoms with Crippen LogP contribution in [0.3, 0.4) is 0 Å². The van der Waals surface area contributed by atoms with Gasteiger partial charge >= 0.3 is 0 Å². The lowest BCUT2D eigenvalue weighted by molar-refractivity contribution is 0.0717. The van der Waals surface area contributed by atoms with Gasteiger partial charge in [0.05, 0.1) is 12.2 Å². The molecule has 3 aliphatic carbocycles. The quantitative estimate of drug-likeness (QED) is 0.528. The first-order valence-electron chi connectivity index (χ1n) is 12.2. The Labute approximate surface area is 179 Å². The first kappa shape index (κ1) is 22.8. The van der Waals surface area contributed by atoms with Crippen LogP contribution in [-0.4, -0.2) is 22.4 Å². The highest BCUT2D eigenvalue weighted by molar-refractivity contribution is 5.36. The Balaban J connectivity index is 1.70. The molecule has 1 unspecified atom stereocenters. The number of fused-ring (bicyclic) bond motifs is 1. The van der Waals surface area contributed by atoms with E-state index in [0.29, 0.717) is 23.2 Å². The summed E-state index contributed by atoms with van der Waals surface area (Å²) in [6.07, 6.45) is 15.5. The van der Waals surface area contributed by atoms with E-state index in [9.17, 15) is 10.2 Å². The Morgan fingerprint density at radius 1 is 1.10 bits per heavy atom. The first-order valence-corrected chi connectivity index (χ1v) is 12.2. The van der Waals surface area contributed by atoms with Crippen molar-refractivity contribution >= 4 is 0 Å². The monoisotopic (exact) mass is 400 g/mol. The number of hydrogen-bond donors (Lipinski definition) is 2. The van der Waals surface area contributed by atoms with Gasteiger partial charge in [-0.2, -0.15) is 0 Å². The molecule has 0 bridgehead atoms. The summed E-state index contributed by atoms with van der Waals surface area (Å²) in [5.74, 6) is 2.52. The lowest BCUT2D eigenvalue weighted by atomic mass is 9.60. The number of allylic oxidation sites excluding steroid dienone is 4. The van der Waals surface area contributed by atoms with Gasteiger partial charge in [-0.3, -0.25) is 0 Å². The fraction of sp³-hybridized carbons (Fsp3) is 0.778. The zero-order valence-electron chi connectivity index (χ0n) is 19.3. The largest absolute Gasteiger partial charge is 0.393 e. The normalized spacial score (nSPS) is 37.9. The highest BCUT2D eigenvalue weighted by atomic mass is 16.3. The molecule has 3 rings (SSSR count). The summed E-state index contributed by atoms with van der Waals surface area (Å²) in [7, 11) is 0. The second kappa shape index (κ2) is 9.52. The van der Waals surface area contributed by atoms with Crippen molar-refractivity contribution in [3.63, 3.8) is 0 Å². The molecule has 6 atom stereocenters. The Bertz CT molecular complexity index is 643. The van der Waals surface area contributed by atoms with Gasteiger partial charge in [0, 0.05) is 0 Å². The average Bonchev–Trinajstić information content (AvgIpc) is 3.04. The van der Waals surface area contributed by atoms with Crippen molar-refractivity contribution in [2.45, 2.75) is 104 Å². The van der Waals surface area contributed by atoms with Crippen molar-refractivity contribution in [1.82, 2.24) is 0 Å². The predicted octanol–water partition coefficient (Wildman–Crippen LogP) is 6.59. The summed E-state index contributed by atoms with van der Waals surface area (Å²) < 4.78 is 0. The van der Waals surface area contributed by atoms with E-state index in [1.165, 1.54) is 43.3 Å². The van der Waals surface area contributed by atoms with Gasteiger partial charge in [0.1, 0.15) is 0 Å². The maximum Gasteiger partial charge on any atom is 0.0583 e. The van der Waals surface area contributed by atoms with Crippen LogP contribution in [0, 0.1) is 29.1 Å². The lowest BCUT2D eigenvalue weighted by Crippen LogP contribution is -2.36. The molecule has 0 amide bonds. The van der Waals surface area contributed by atoms with Crippen LogP contribution < -0.4 is 0 Å². The molecular formula is C27H44O2. The molecule has 2 nitrogen and oxygen atoms in total. The van der Waals surface area contributed by atoms with Crippen molar-refractivity contribution in [2.24, 2.45) is 29.1 Å². The molecule has 0 heterocycles. The molecule has 2 heteroatoms. The van der Waals surface area contributed by atoms with Gasteiger partial charge in [-0.25, -0.2) is 0 Å². The van der Waals surface area contributed by atoms with Gasteiger partial charge in [-0.1, -0.05) is 57.6 Å². The van der Waals surface area contributed by atoms with Gasteiger partial charge in [0.15, 0.2) is 0 Å². The van der Waals surface area contributed by atoms with Crippen LogP contribution in [0.1, 0.15) is 91.9 Å². The zero-order chi connectivity index (χ0) is 21.2. The van der Waals surface area contributed by atoms with Crippen molar-refractivity contribution in [1.29, 1.82) is 0 Å². The van der Waals surface area contributed by atoms with Crippen molar-refractivity contribution in [3.8, 4) is 0 Å². The summed E-state index contributed by atoms with van der Waals surface area (Å²) in [5, 5.41) is 20.3. The highest BCUT2D eigenvalue weighted by Gasteiger charge is 2.50. The Kier molecular flexibility index (Phi) is 7.49. The third kappa shape index (κ3) is 5.07. The molecule has 3 fully saturated rings. The summed E-state index contributed by atoms with van der Waals surface area (Å²) in [6.45, 7) is 13.4. The van der Waals surface area contributed by atoms with Crippen molar-refractivity contribution in [2.75, 3.05) is 0 Å². The molecule has 0 saturated heterocycles. The molecule has 0 aliphatic heterocycles. The molecular weight excluding hydrogens is 356 g/mol. The summed E-state index contributed by atoms with van der Waals surface area (Å²) in [5.41, 5.74) is 4.52. The van der Waals surface area contributed by atoms with E-state index in [1.54, 1.807) is 5.57 Å². The van der Waals surface area contributed by atoms with E-state index in [4.69, 9.17) is 0 Å². The minimum atomic E-state index is -0.195. The minimum Gasteiger partial charge on any atom is -0.393 e. The van der Waals surface area contributed by atoms with Gasteiger partial charge in [-0.05, 0) is 98.9 Å². The number of hydrogen-bond acceptors (Lipinski definition) is 2. The SMILES string of the molecule is C=C1CC[C@H](O)CC1=CC=C1CCC[C@@]2(C)C1CC[C@@H]2[C@H](C)CC[C@H](O)C(C)C. The van der Waals surface area contributed by atoms with E-state index in [1.807, 2.05) is 0 Å². The van der Waals surface area contributed by atoms with Crippen LogP contribution in [-0.2, 0) is 0 Å². The highest BCUT2D eigenvalue weighted by Crippen LogP contribution is 2.59. The number of rotatable bonds is 6.